The van der Waals surface area contributed by atoms with Gasteiger partial charge in [0.15, 0.2) is 12.4 Å². The minimum absolute atomic E-state index is 0.781. The molecule has 0 aromatic heterocycles. The van der Waals surface area contributed by atoms with Crippen molar-refractivity contribution in [2.75, 3.05) is 6.61 Å². The lowest BCUT2D eigenvalue weighted by atomic mass is 10.1. The quantitative estimate of drug-likeness (QED) is 0.450. The Morgan fingerprint density at radius 3 is 2.18 bits per heavy atom. The molecule has 0 aromatic carbocycles. The molecule has 0 heterocycles. The van der Waals surface area contributed by atoms with Crippen LogP contribution in [-0.2, 0) is 4.79 Å². The molecule has 11 heavy (non-hydrogen) atoms. The Morgan fingerprint density at radius 1 is 1.45 bits per heavy atom. The summed E-state index contributed by atoms with van der Waals surface area (Å²) < 4.78 is 24.2. The fourth-order valence-electron chi connectivity index (χ4n) is 0.426. The highest BCUT2D eigenvalue weighted by molar-refractivity contribution is 5.60. The Hall–Kier alpha value is -0.590. The van der Waals surface area contributed by atoms with E-state index in [1.54, 1.807) is 0 Å². The van der Waals surface area contributed by atoms with Gasteiger partial charge < -0.3 is 15.3 Å². The molecule has 0 saturated carbocycles. The Morgan fingerprint density at radius 2 is 1.91 bits per heavy atom. The van der Waals surface area contributed by atoms with Gasteiger partial charge in [-0.2, -0.15) is 8.78 Å². The van der Waals surface area contributed by atoms with Crippen LogP contribution in [0.4, 0.5) is 8.78 Å². The molecule has 0 radical (unpaired) electrons. The van der Waals surface area contributed by atoms with Crippen molar-refractivity contribution in [3.05, 3.63) is 0 Å². The molecule has 3 N–H and O–H groups in total. The molecule has 0 aliphatic heterocycles. The fourth-order valence-corrected chi connectivity index (χ4v) is 0.426. The molecule has 2 unspecified atom stereocenters. The van der Waals surface area contributed by atoms with E-state index >= 15 is 0 Å². The monoisotopic (exact) mass is 170 g/mol. The average molecular weight is 170 g/mol. The summed E-state index contributed by atoms with van der Waals surface area (Å²) >= 11 is 0. The second kappa shape index (κ2) is 3.70. The maximum absolute atomic E-state index is 12.1. The van der Waals surface area contributed by atoms with Crippen LogP contribution in [0.2, 0.25) is 0 Å². The van der Waals surface area contributed by atoms with E-state index in [1.165, 1.54) is 0 Å². The van der Waals surface area contributed by atoms with Crippen molar-refractivity contribution in [1.82, 2.24) is 0 Å². The number of hydrogen-bond acceptors (Lipinski definition) is 4. The van der Waals surface area contributed by atoms with Crippen LogP contribution in [0, 0.1) is 0 Å². The molecule has 0 saturated heterocycles. The first-order chi connectivity index (χ1) is 4.95. The number of rotatable bonds is 4. The van der Waals surface area contributed by atoms with Crippen LogP contribution in [0.1, 0.15) is 0 Å². The number of carbonyl (C=O) groups excluding carboxylic acids is 1. The first-order valence-electron chi connectivity index (χ1n) is 2.77. The Labute approximate surface area is 61.1 Å². The minimum Gasteiger partial charge on any atom is -0.394 e. The highest BCUT2D eigenvalue weighted by Gasteiger charge is 2.42. The highest BCUT2D eigenvalue weighted by Crippen LogP contribution is 2.17. The zero-order chi connectivity index (χ0) is 9.07. The third kappa shape index (κ3) is 2.49. The van der Waals surface area contributed by atoms with Crippen LogP contribution in [0.5, 0.6) is 0 Å². The van der Waals surface area contributed by atoms with Crippen LogP contribution in [0.15, 0.2) is 0 Å². The molecule has 66 valence electrons. The molecule has 0 aromatic rings. The van der Waals surface area contributed by atoms with Crippen LogP contribution in [0.25, 0.3) is 0 Å². The lowest BCUT2D eigenvalue weighted by molar-refractivity contribution is -0.166. The highest BCUT2D eigenvalue weighted by atomic mass is 19.3. The van der Waals surface area contributed by atoms with E-state index < -0.39 is 31.0 Å². The molecular formula is C5H8F2O4. The third-order valence-corrected chi connectivity index (χ3v) is 1.10. The van der Waals surface area contributed by atoms with Crippen molar-refractivity contribution < 1.29 is 28.9 Å². The Bertz CT molecular complexity index is 138. The van der Waals surface area contributed by atoms with Gasteiger partial charge in [0.2, 0.25) is 0 Å². The summed E-state index contributed by atoms with van der Waals surface area (Å²) in [6.45, 7) is -1.02. The first kappa shape index (κ1) is 10.4. The SMILES string of the molecule is O=CC(F)(F)C(O)C(O)CO. The van der Waals surface area contributed by atoms with Crippen molar-refractivity contribution in [3.8, 4) is 0 Å². The normalized spacial score (nSPS) is 17.5. The summed E-state index contributed by atoms with van der Waals surface area (Å²) in [4.78, 5) is 9.59. The lowest BCUT2D eigenvalue weighted by Crippen LogP contribution is -2.45. The van der Waals surface area contributed by atoms with Gasteiger partial charge in [-0.05, 0) is 0 Å². The van der Waals surface area contributed by atoms with E-state index in [9.17, 15) is 13.6 Å². The maximum Gasteiger partial charge on any atom is 0.330 e. The molecule has 6 heteroatoms. The van der Waals surface area contributed by atoms with E-state index in [2.05, 4.69) is 0 Å². The van der Waals surface area contributed by atoms with Crippen molar-refractivity contribution in [1.29, 1.82) is 0 Å². The molecule has 0 aliphatic rings. The molecule has 0 amide bonds. The van der Waals surface area contributed by atoms with Crippen LogP contribution < -0.4 is 0 Å². The first-order valence-corrected chi connectivity index (χ1v) is 2.77. The van der Waals surface area contributed by atoms with Gasteiger partial charge in [0.05, 0.1) is 6.61 Å². The summed E-state index contributed by atoms with van der Waals surface area (Å²) in [5, 5.41) is 25.0. The zero-order valence-corrected chi connectivity index (χ0v) is 5.44. The smallest absolute Gasteiger partial charge is 0.330 e. The summed E-state index contributed by atoms with van der Waals surface area (Å²) in [6.07, 6.45) is -5.34. The minimum atomic E-state index is -4.01. The van der Waals surface area contributed by atoms with Gasteiger partial charge in [-0.1, -0.05) is 0 Å². The Balaban J connectivity index is 4.21. The van der Waals surface area contributed by atoms with Gasteiger partial charge in [0.25, 0.3) is 0 Å². The van der Waals surface area contributed by atoms with Crippen LogP contribution >= 0.6 is 0 Å². The van der Waals surface area contributed by atoms with Crippen molar-refractivity contribution in [2.24, 2.45) is 0 Å². The summed E-state index contributed by atoms with van der Waals surface area (Å²) in [7, 11) is 0. The number of hydrogen-bond donors (Lipinski definition) is 3. The molecule has 0 spiro atoms. The predicted octanol–water partition coefficient (Wildman–Crippen LogP) is -1.47. The van der Waals surface area contributed by atoms with Crippen LogP contribution in [-0.4, -0.2) is 46.3 Å². The van der Waals surface area contributed by atoms with E-state index in [-0.39, 0.29) is 0 Å². The Kier molecular flexibility index (Phi) is 3.50. The van der Waals surface area contributed by atoms with E-state index in [0.717, 1.165) is 0 Å². The fraction of sp³-hybridized carbons (Fsp3) is 0.800. The van der Waals surface area contributed by atoms with Gasteiger partial charge in [-0.25, -0.2) is 0 Å². The zero-order valence-electron chi connectivity index (χ0n) is 5.44. The topological polar surface area (TPSA) is 77.8 Å². The molecule has 2 atom stereocenters. The number of aliphatic hydroxyl groups excluding tert-OH is 3. The van der Waals surface area contributed by atoms with Crippen molar-refractivity contribution in [3.63, 3.8) is 0 Å². The van der Waals surface area contributed by atoms with Crippen LogP contribution in [0.3, 0.4) is 0 Å². The third-order valence-electron chi connectivity index (χ3n) is 1.10. The maximum atomic E-state index is 12.1. The van der Waals surface area contributed by atoms with E-state index in [1.807, 2.05) is 0 Å². The van der Waals surface area contributed by atoms with Crippen molar-refractivity contribution >= 4 is 6.29 Å². The summed E-state index contributed by atoms with van der Waals surface area (Å²) in [5.74, 6) is -4.01. The molecule has 0 fully saturated rings. The number of alkyl halides is 2. The van der Waals surface area contributed by atoms with Gasteiger partial charge >= 0.3 is 5.92 Å². The molecular weight excluding hydrogens is 162 g/mol. The lowest BCUT2D eigenvalue weighted by Gasteiger charge is -2.20. The van der Waals surface area contributed by atoms with Gasteiger partial charge in [-0.3, -0.25) is 4.79 Å². The van der Waals surface area contributed by atoms with Gasteiger partial charge in [-0.15, -0.1) is 0 Å². The number of aliphatic hydroxyl groups is 3. The summed E-state index contributed by atoms with van der Waals surface area (Å²) in [6, 6.07) is 0. The standard InChI is InChI=1S/C5H8F2O4/c6-5(7,2-9)4(11)3(10)1-8/h2-4,8,10-11H,1H2. The van der Waals surface area contributed by atoms with E-state index in [0.29, 0.717) is 0 Å². The molecule has 0 bridgehead atoms. The largest absolute Gasteiger partial charge is 0.394 e. The van der Waals surface area contributed by atoms with Gasteiger partial charge in [0, 0.05) is 0 Å². The number of aldehydes is 1. The number of carbonyl (C=O) groups is 1. The number of halogens is 2. The molecule has 4 nitrogen and oxygen atoms in total. The second-order valence-corrected chi connectivity index (χ2v) is 1.99. The van der Waals surface area contributed by atoms with Gasteiger partial charge in [0.1, 0.15) is 6.10 Å². The molecule has 0 aliphatic carbocycles. The predicted molar refractivity (Wildman–Crippen MR) is 30.1 cm³/mol. The van der Waals surface area contributed by atoms with E-state index in [4.69, 9.17) is 15.3 Å². The second-order valence-electron chi connectivity index (χ2n) is 1.99. The summed E-state index contributed by atoms with van der Waals surface area (Å²) in [5.41, 5.74) is 0. The average Bonchev–Trinajstić information content (AvgIpc) is 2.01. The van der Waals surface area contributed by atoms with Crippen molar-refractivity contribution in [2.45, 2.75) is 18.1 Å². The molecule has 0 rings (SSSR count).